The largest absolute Gasteiger partial charge is 0.497 e. The second-order valence-corrected chi connectivity index (χ2v) is 9.57. The van der Waals surface area contributed by atoms with Crippen LogP contribution >= 0.6 is 0 Å². The molecule has 0 spiro atoms. The van der Waals surface area contributed by atoms with Crippen LogP contribution in [0.1, 0.15) is 34.9 Å². The Bertz CT molecular complexity index is 1180. The highest BCUT2D eigenvalue weighted by Crippen LogP contribution is 2.36. The standard InChI is InChI=1S/C25H32N4O2/c1-16-21-10-20(31-4)6-7-22(21)26-23(16)15-28-11-17-9-19(14-28)24-8-5-18(13-27(2)3)25(30)29(24)12-17/h5-8,10,17,19,26H,9,11-15H2,1-4H3/t17-,19+/m0/s1. The van der Waals surface area contributed by atoms with E-state index in [2.05, 4.69) is 44.5 Å². The van der Waals surface area contributed by atoms with Crippen molar-refractivity contribution < 1.29 is 4.74 Å². The van der Waals surface area contributed by atoms with Gasteiger partial charge >= 0.3 is 0 Å². The second kappa shape index (κ2) is 7.84. The van der Waals surface area contributed by atoms with Crippen molar-refractivity contribution in [2.45, 2.75) is 38.9 Å². The highest BCUT2D eigenvalue weighted by atomic mass is 16.5. The Kier molecular flexibility index (Phi) is 5.15. The molecule has 2 aliphatic heterocycles. The van der Waals surface area contributed by atoms with Crippen LogP contribution in [0.5, 0.6) is 5.75 Å². The molecule has 31 heavy (non-hydrogen) atoms. The van der Waals surface area contributed by atoms with Crippen LogP contribution in [0.15, 0.2) is 35.1 Å². The molecule has 5 rings (SSSR count). The van der Waals surface area contributed by atoms with Gasteiger partial charge in [0.2, 0.25) is 0 Å². The minimum Gasteiger partial charge on any atom is -0.497 e. The first-order valence-corrected chi connectivity index (χ1v) is 11.2. The van der Waals surface area contributed by atoms with E-state index in [9.17, 15) is 4.79 Å². The van der Waals surface area contributed by atoms with Gasteiger partial charge in [-0.2, -0.15) is 0 Å². The highest BCUT2D eigenvalue weighted by Gasteiger charge is 2.35. The third-order valence-corrected chi connectivity index (χ3v) is 7.00. The van der Waals surface area contributed by atoms with Gasteiger partial charge in [0.25, 0.3) is 5.56 Å². The smallest absolute Gasteiger partial charge is 0.255 e. The number of aromatic nitrogens is 2. The fourth-order valence-corrected chi connectivity index (χ4v) is 5.55. The fourth-order valence-electron chi connectivity index (χ4n) is 5.55. The number of hydrogen-bond donors (Lipinski definition) is 1. The average Bonchev–Trinajstić information content (AvgIpc) is 3.05. The molecule has 164 valence electrons. The normalized spacial score (nSPS) is 20.9. The molecule has 1 N–H and O–H groups in total. The summed E-state index contributed by atoms with van der Waals surface area (Å²) in [5, 5.41) is 1.23. The number of likely N-dealkylation sites (tertiary alicyclic amines) is 1. The zero-order chi connectivity index (χ0) is 21.7. The van der Waals surface area contributed by atoms with E-state index in [1.54, 1.807) is 7.11 Å². The van der Waals surface area contributed by atoms with E-state index >= 15 is 0 Å². The van der Waals surface area contributed by atoms with Crippen LogP contribution < -0.4 is 10.3 Å². The third-order valence-electron chi connectivity index (χ3n) is 7.00. The lowest BCUT2D eigenvalue weighted by atomic mass is 9.83. The molecule has 2 bridgehead atoms. The van der Waals surface area contributed by atoms with Crippen molar-refractivity contribution in [1.82, 2.24) is 19.4 Å². The molecule has 3 aromatic rings. The lowest BCUT2D eigenvalue weighted by Gasteiger charge is -2.43. The van der Waals surface area contributed by atoms with E-state index in [0.717, 1.165) is 43.0 Å². The summed E-state index contributed by atoms with van der Waals surface area (Å²) in [6, 6.07) is 10.5. The van der Waals surface area contributed by atoms with Crippen LogP contribution in [-0.4, -0.2) is 53.6 Å². The average molecular weight is 421 g/mol. The summed E-state index contributed by atoms with van der Waals surface area (Å²) in [7, 11) is 5.74. The molecule has 2 atom stereocenters. The number of pyridine rings is 1. The van der Waals surface area contributed by atoms with Gasteiger partial charge in [0, 0.05) is 66.5 Å². The van der Waals surface area contributed by atoms with Gasteiger partial charge < -0.3 is 19.2 Å². The van der Waals surface area contributed by atoms with Gasteiger partial charge in [0.05, 0.1) is 7.11 Å². The maximum Gasteiger partial charge on any atom is 0.255 e. The number of benzene rings is 1. The lowest BCUT2D eigenvalue weighted by molar-refractivity contribution is 0.113. The van der Waals surface area contributed by atoms with Gasteiger partial charge in [-0.05, 0) is 63.2 Å². The number of H-pyrrole nitrogens is 1. The maximum absolute atomic E-state index is 13.1. The Hall–Kier alpha value is -2.57. The quantitative estimate of drug-likeness (QED) is 0.688. The molecule has 0 amide bonds. The van der Waals surface area contributed by atoms with Crippen molar-refractivity contribution in [3.05, 3.63) is 63.2 Å². The number of fused-ring (bicyclic) bond motifs is 5. The number of piperidine rings is 1. The molecule has 0 unspecified atom stereocenters. The molecule has 2 aromatic heterocycles. The monoisotopic (exact) mass is 420 g/mol. The van der Waals surface area contributed by atoms with Crippen LogP contribution in [0.4, 0.5) is 0 Å². The molecule has 1 fully saturated rings. The topological polar surface area (TPSA) is 53.5 Å². The van der Waals surface area contributed by atoms with Gasteiger partial charge in [-0.25, -0.2) is 0 Å². The Morgan fingerprint density at radius 1 is 1.16 bits per heavy atom. The Morgan fingerprint density at radius 2 is 2.00 bits per heavy atom. The molecular formula is C25H32N4O2. The van der Waals surface area contributed by atoms with Gasteiger partial charge in [-0.1, -0.05) is 6.07 Å². The molecule has 1 aromatic carbocycles. The molecular weight excluding hydrogens is 388 g/mol. The predicted octanol–water partition coefficient (Wildman–Crippen LogP) is 3.33. The SMILES string of the molecule is COc1ccc2[nH]c(CN3C[C@@H]4C[C@H](C3)c3ccc(CN(C)C)c(=O)n3C4)c(C)c2c1. The van der Waals surface area contributed by atoms with Gasteiger partial charge in [0.1, 0.15) is 5.75 Å². The van der Waals surface area contributed by atoms with E-state index in [4.69, 9.17) is 4.74 Å². The van der Waals surface area contributed by atoms with Crippen LogP contribution in [0.2, 0.25) is 0 Å². The molecule has 1 saturated heterocycles. The Morgan fingerprint density at radius 3 is 2.77 bits per heavy atom. The van der Waals surface area contributed by atoms with Crippen LogP contribution in [0.3, 0.4) is 0 Å². The molecule has 0 aliphatic carbocycles. The van der Waals surface area contributed by atoms with Crippen molar-refractivity contribution in [3.8, 4) is 5.75 Å². The van der Waals surface area contributed by atoms with E-state index in [1.807, 2.05) is 26.2 Å². The Balaban J connectivity index is 1.39. The maximum atomic E-state index is 13.1. The predicted molar refractivity (Wildman–Crippen MR) is 124 cm³/mol. The van der Waals surface area contributed by atoms with Crippen LogP contribution in [-0.2, 0) is 19.6 Å². The zero-order valence-electron chi connectivity index (χ0n) is 18.9. The van der Waals surface area contributed by atoms with E-state index in [1.165, 1.54) is 28.8 Å². The second-order valence-electron chi connectivity index (χ2n) is 9.57. The molecule has 6 heteroatoms. The number of ether oxygens (including phenoxy) is 1. The van der Waals surface area contributed by atoms with Gasteiger partial charge in [-0.15, -0.1) is 0 Å². The summed E-state index contributed by atoms with van der Waals surface area (Å²) in [5.41, 5.74) is 6.06. The molecule has 4 heterocycles. The van der Waals surface area contributed by atoms with Gasteiger partial charge in [-0.3, -0.25) is 9.69 Å². The van der Waals surface area contributed by atoms with Crippen LogP contribution in [0.25, 0.3) is 10.9 Å². The summed E-state index contributed by atoms with van der Waals surface area (Å²) >= 11 is 0. The van der Waals surface area contributed by atoms with E-state index < -0.39 is 0 Å². The fraction of sp³-hybridized carbons (Fsp3) is 0.480. The Labute approximate surface area is 183 Å². The molecule has 0 saturated carbocycles. The molecule has 0 radical (unpaired) electrons. The summed E-state index contributed by atoms with van der Waals surface area (Å²) in [6.45, 7) is 6.69. The number of rotatable bonds is 5. The number of aryl methyl sites for hydroxylation is 1. The van der Waals surface area contributed by atoms with Crippen molar-refractivity contribution in [2.24, 2.45) is 5.92 Å². The summed E-state index contributed by atoms with van der Waals surface area (Å²) in [5.74, 6) is 1.85. The summed E-state index contributed by atoms with van der Waals surface area (Å²) < 4.78 is 7.47. The van der Waals surface area contributed by atoms with Crippen molar-refractivity contribution in [3.63, 3.8) is 0 Å². The number of nitrogens with zero attached hydrogens (tertiary/aromatic N) is 3. The number of nitrogens with one attached hydrogen (secondary N) is 1. The zero-order valence-corrected chi connectivity index (χ0v) is 18.9. The minimum atomic E-state index is 0.203. The number of hydrogen-bond acceptors (Lipinski definition) is 4. The molecule has 6 nitrogen and oxygen atoms in total. The van der Waals surface area contributed by atoms with Crippen molar-refractivity contribution in [2.75, 3.05) is 34.3 Å². The number of aromatic amines is 1. The first-order chi connectivity index (χ1) is 14.9. The minimum absolute atomic E-state index is 0.203. The first-order valence-electron chi connectivity index (χ1n) is 11.2. The van der Waals surface area contributed by atoms with E-state index in [-0.39, 0.29) is 5.56 Å². The van der Waals surface area contributed by atoms with E-state index in [0.29, 0.717) is 18.4 Å². The summed E-state index contributed by atoms with van der Waals surface area (Å²) in [4.78, 5) is 21.3. The van der Waals surface area contributed by atoms with Crippen molar-refractivity contribution >= 4 is 10.9 Å². The summed E-state index contributed by atoms with van der Waals surface area (Å²) in [6.07, 6.45) is 1.19. The first kappa shape index (κ1) is 20.3. The van der Waals surface area contributed by atoms with Gasteiger partial charge in [0.15, 0.2) is 0 Å². The lowest BCUT2D eigenvalue weighted by Crippen LogP contribution is -2.47. The highest BCUT2D eigenvalue weighted by molar-refractivity contribution is 5.85. The third kappa shape index (κ3) is 3.68. The molecule has 2 aliphatic rings. The van der Waals surface area contributed by atoms with Crippen LogP contribution in [0, 0.1) is 12.8 Å². The number of methoxy groups -OCH3 is 1. The van der Waals surface area contributed by atoms with Crippen molar-refractivity contribution in [1.29, 1.82) is 0 Å².